The zero-order valence-corrected chi connectivity index (χ0v) is 14.0. The van der Waals surface area contributed by atoms with Gasteiger partial charge in [0.2, 0.25) is 0 Å². The maximum atomic E-state index is 5.93. The average molecular weight is 333 g/mol. The van der Waals surface area contributed by atoms with Crippen molar-refractivity contribution in [2.45, 2.75) is 63.2 Å². The van der Waals surface area contributed by atoms with E-state index >= 15 is 0 Å². The van der Waals surface area contributed by atoms with E-state index in [1.54, 1.807) is 0 Å². The average Bonchev–Trinajstić information content (AvgIpc) is 2.12. The van der Waals surface area contributed by atoms with Crippen molar-refractivity contribution in [2.75, 3.05) is 0 Å². The molecule has 0 saturated heterocycles. The second kappa shape index (κ2) is 9.09. The van der Waals surface area contributed by atoms with Crippen LogP contribution in [0.25, 0.3) is 0 Å². The first kappa shape index (κ1) is 16.0. The number of halogens is 1. The van der Waals surface area contributed by atoms with Gasteiger partial charge in [-0.3, -0.25) is 0 Å². The highest BCUT2D eigenvalue weighted by atomic mass is 127. The third-order valence-corrected chi connectivity index (χ3v) is 4.70. The first-order valence-electron chi connectivity index (χ1n) is 5.71. The smallest absolute Gasteiger partial charge is 0.360 e. The third kappa shape index (κ3) is 11.3. The van der Waals surface area contributed by atoms with Gasteiger partial charge in [0.05, 0.1) is 5.60 Å². The topological polar surface area (TPSA) is 9.23 Å². The van der Waals surface area contributed by atoms with Gasteiger partial charge >= 0.3 is 16.5 Å². The fourth-order valence-electron chi connectivity index (χ4n) is 1.16. The van der Waals surface area contributed by atoms with E-state index in [1.165, 1.54) is 4.55 Å². The lowest BCUT2D eigenvalue weighted by Crippen LogP contribution is -2.26. The Morgan fingerprint density at radius 2 is 2.07 bits per heavy atom. The van der Waals surface area contributed by atoms with Crippen LogP contribution in [0, 0.1) is 11.8 Å². The molecule has 0 saturated carbocycles. The number of hydrogen-bond donors (Lipinski definition) is 0. The largest absolute Gasteiger partial charge is 0.464 e. The molecule has 3 heteroatoms. The Balaban J connectivity index is 4.14. The van der Waals surface area contributed by atoms with E-state index in [0.717, 1.165) is 19.3 Å². The maximum Gasteiger partial charge on any atom is 0.464 e. The molecule has 0 aromatic heterocycles. The molecule has 84 valence electrons. The van der Waals surface area contributed by atoms with E-state index in [9.17, 15) is 0 Å². The number of hydrogen-bond acceptors (Lipinski definition) is 1. The predicted octanol–water partition coefficient (Wildman–Crippen LogP) is 3.84. The molecule has 0 aliphatic rings. The van der Waals surface area contributed by atoms with Crippen molar-refractivity contribution < 1.29 is 4.74 Å². The summed E-state index contributed by atoms with van der Waals surface area (Å²) in [5.41, 5.74) is -0.0710. The van der Waals surface area contributed by atoms with Crippen molar-refractivity contribution in [3.05, 3.63) is 0 Å². The summed E-state index contributed by atoms with van der Waals surface area (Å²) in [6.07, 6.45) is 3.39. The molecule has 0 aliphatic carbocycles. The highest BCUT2D eigenvalue weighted by molar-refractivity contribution is 14.1. The summed E-state index contributed by atoms with van der Waals surface area (Å²) in [6, 6.07) is 0. The van der Waals surface area contributed by atoms with Crippen LogP contribution in [-0.2, 0) is 4.74 Å². The lowest BCUT2D eigenvalue weighted by atomic mass is 10.1. The SMILES string of the molecule is CCCC#CC(C[CH2][Mg][I])OC(C)(C)C. The summed E-state index contributed by atoms with van der Waals surface area (Å²) >= 11 is 2.65. The maximum absolute atomic E-state index is 5.93. The van der Waals surface area contributed by atoms with Gasteiger partial charge in [0.1, 0.15) is 6.10 Å². The van der Waals surface area contributed by atoms with Crippen LogP contribution >= 0.6 is 18.9 Å². The monoisotopic (exact) mass is 332 g/mol. The Kier molecular flexibility index (Phi) is 9.70. The van der Waals surface area contributed by atoms with Gasteiger partial charge in [-0.2, -0.15) is 0 Å². The summed E-state index contributed by atoms with van der Waals surface area (Å²) in [4.78, 5) is 0. The second-order valence-electron chi connectivity index (χ2n) is 4.62. The second-order valence-corrected chi connectivity index (χ2v) is 8.94. The van der Waals surface area contributed by atoms with Crippen molar-refractivity contribution >= 4 is 35.3 Å². The van der Waals surface area contributed by atoms with E-state index in [2.05, 4.69) is 58.4 Å². The Morgan fingerprint density at radius 3 is 2.53 bits per heavy atom. The van der Waals surface area contributed by atoms with Gasteiger partial charge in [0, 0.05) is 6.42 Å². The molecule has 0 spiro atoms. The Labute approximate surface area is 114 Å². The molecule has 0 heterocycles. The van der Waals surface area contributed by atoms with Crippen LogP contribution in [0.4, 0.5) is 0 Å². The Hall–Kier alpha value is 1.02. The fraction of sp³-hybridized carbons (Fsp3) is 0.833. The van der Waals surface area contributed by atoms with Gasteiger partial charge in [-0.1, -0.05) is 12.8 Å². The van der Waals surface area contributed by atoms with E-state index in [4.69, 9.17) is 4.74 Å². The molecule has 0 fully saturated rings. The minimum absolute atomic E-state index is 0.0710. The van der Waals surface area contributed by atoms with E-state index in [1.807, 2.05) is 0 Å². The number of unbranched alkanes of at least 4 members (excludes halogenated alkanes) is 1. The van der Waals surface area contributed by atoms with Gasteiger partial charge in [0.15, 0.2) is 0 Å². The van der Waals surface area contributed by atoms with E-state index in [0.29, 0.717) is 0 Å². The van der Waals surface area contributed by atoms with E-state index < -0.39 is 0 Å². The first-order valence-corrected chi connectivity index (χ1v) is 11.8. The van der Waals surface area contributed by atoms with Crippen molar-refractivity contribution in [1.29, 1.82) is 0 Å². The van der Waals surface area contributed by atoms with Gasteiger partial charge in [-0.15, -0.1) is 10.5 Å². The molecular formula is C12H21IMgO. The van der Waals surface area contributed by atoms with Crippen LogP contribution in [0.15, 0.2) is 0 Å². The summed E-state index contributed by atoms with van der Waals surface area (Å²) in [5, 5.41) is 0. The lowest BCUT2D eigenvalue weighted by molar-refractivity contribution is -0.0347. The number of ether oxygens (including phenoxy) is 1. The van der Waals surface area contributed by atoms with Crippen LogP contribution < -0.4 is 0 Å². The molecule has 1 atom stereocenters. The molecular weight excluding hydrogens is 311 g/mol. The molecule has 0 amide bonds. The quantitative estimate of drug-likeness (QED) is 0.422. The zero-order chi connectivity index (χ0) is 11.7. The summed E-state index contributed by atoms with van der Waals surface area (Å²) in [6.45, 7) is 8.46. The fourth-order valence-corrected chi connectivity index (χ4v) is 3.01. The summed E-state index contributed by atoms with van der Waals surface area (Å²) in [7, 11) is 0. The first-order chi connectivity index (χ1) is 6.99. The Morgan fingerprint density at radius 1 is 1.40 bits per heavy atom. The van der Waals surface area contributed by atoms with Gasteiger partial charge in [0.25, 0.3) is 0 Å². The van der Waals surface area contributed by atoms with Crippen molar-refractivity contribution in [2.24, 2.45) is 0 Å². The molecule has 0 aliphatic heterocycles. The number of rotatable bonds is 5. The van der Waals surface area contributed by atoms with Crippen LogP contribution in [-0.4, -0.2) is 28.2 Å². The molecule has 0 rings (SSSR count). The van der Waals surface area contributed by atoms with Crippen LogP contribution in [0.3, 0.4) is 0 Å². The normalized spacial score (nSPS) is 12.6. The van der Waals surface area contributed by atoms with Crippen molar-refractivity contribution in [3.8, 4) is 11.8 Å². The van der Waals surface area contributed by atoms with Crippen molar-refractivity contribution in [3.63, 3.8) is 0 Å². The third-order valence-electron chi connectivity index (χ3n) is 1.73. The van der Waals surface area contributed by atoms with E-state index in [-0.39, 0.29) is 28.2 Å². The van der Waals surface area contributed by atoms with Gasteiger partial charge in [-0.05, 0) is 33.6 Å². The summed E-state index contributed by atoms with van der Waals surface area (Å²) in [5.74, 6) is 6.46. The predicted molar refractivity (Wildman–Crippen MR) is 76.5 cm³/mol. The highest BCUT2D eigenvalue weighted by Crippen LogP contribution is 2.14. The molecule has 0 radical (unpaired) electrons. The zero-order valence-electron chi connectivity index (χ0n) is 10.4. The Bertz CT molecular complexity index is 212. The summed E-state index contributed by atoms with van der Waals surface area (Å²) < 4.78 is 7.25. The molecule has 0 aromatic carbocycles. The minimum atomic E-state index is -0.0710. The van der Waals surface area contributed by atoms with Crippen molar-refractivity contribution in [1.82, 2.24) is 0 Å². The lowest BCUT2D eigenvalue weighted by Gasteiger charge is -2.24. The van der Waals surface area contributed by atoms with Gasteiger partial charge < -0.3 is 23.6 Å². The standard InChI is InChI=1S/C12H21O.HI.Mg/c1-6-8-9-10-11(7-2)13-12(3,4)5;;/h11H,2,6-8H2,1,3-5H3;1H;/q;;+1/p-1. The molecule has 15 heavy (non-hydrogen) atoms. The molecule has 0 bridgehead atoms. The van der Waals surface area contributed by atoms with Gasteiger partial charge in [-0.25, -0.2) is 0 Å². The molecule has 1 nitrogen and oxygen atoms in total. The minimum Gasteiger partial charge on any atom is -0.360 e. The van der Waals surface area contributed by atoms with Crippen LogP contribution in [0.2, 0.25) is 4.55 Å². The molecule has 1 unspecified atom stereocenters. The molecule has 0 N–H and O–H groups in total. The highest BCUT2D eigenvalue weighted by Gasteiger charge is 2.16. The van der Waals surface area contributed by atoms with Crippen LogP contribution in [0.1, 0.15) is 47.0 Å². The van der Waals surface area contributed by atoms with Crippen LogP contribution in [0.5, 0.6) is 0 Å². The molecule has 0 aromatic rings.